The van der Waals surface area contributed by atoms with Gasteiger partial charge in [-0.05, 0) is 69.0 Å². The van der Waals surface area contributed by atoms with E-state index in [0.717, 1.165) is 22.1 Å². The van der Waals surface area contributed by atoms with Gasteiger partial charge in [0.2, 0.25) is 0 Å². The van der Waals surface area contributed by atoms with Gasteiger partial charge in [-0.2, -0.15) is 0 Å². The van der Waals surface area contributed by atoms with E-state index in [-0.39, 0.29) is 5.82 Å². The monoisotopic (exact) mass is 430 g/mol. The van der Waals surface area contributed by atoms with Crippen molar-refractivity contribution in [3.05, 3.63) is 87.9 Å². The lowest BCUT2D eigenvalue weighted by Crippen LogP contribution is -2.13. The highest BCUT2D eigenvalue weighted by Gasteiger charge is 2.12. The van der Waals surface area contributed by atoms with Gasteiger partial charge in [0.05, 0.1) is 11.6 Å². The molecule has 0 fully saturated rings. The van der Waals surface area contributed by atoms with Gasteiger partial charge in [-0.15, -0.1) is 0 Å². The van der Waals surface area contributed by atoms with Crippen molar-refractivity contribution >= 4 is 15.9 Å². The largest absolute Gasteiger partial charge is 0.493 e. The summed E-state index contributed by atoms with van der Waals surface area (Å²) >= 11 is 3.56. The molecule has 0 amide bonds. The van der Waals surface area contributed by atoms with Gasteiger partial charge in [0.1, 0.15) is 12.4 Å². The first-order valence-corrected chi connectivity index (χ1v) is 9.28. The zero-order valence-corrected chi connectivity index (χ0v) is 16.5. The van der Waals surface area contributed by atoms with E-state index < -0.39 is 0 Å². The molecule has 0 unspecified atom stereocenters. The summed E-state index contributed by atoms with van der Waals surface area (Å²) in [7, 11) is 1.61. The van der Waals surface area contributed by atoms with Crippen molar-refractivity contribution in [3.8, 4) is 11.5 Å². The minimum absolute atomic E-state index is 0.263. The smallest absolute Gasteiger partial charge is 0.175 e. The lowest BCUT2D eigenvalue weighted by molar-refractivity contribution is 0.282. The Bertz CT molecular complexity index is 873. The van der Waals surface area contributed by atoms with E-state index in [4.69, 9.17) is 9.47 Å². The van der Waals surface area contributed by atoms with Gasteiger partial charge in [-0.1, -0.05) is 12.1 Å². The molecule has 4 nitrogen and oxygen atoms in total. The van der Waals surface area contributed by atoms with Crippen LogP contribution < -0.4 is 14.8 Å². The van der Waals surface area contributed by atoms with E-state index in [1.54, 1.807) is 31.6 Å². The van der Waals surface area contributed by atoms with Crippen LogP contribution in [-0.2, 0) is 19.7 Å². The van der Waals surface area contributed by atoms with Crippen LogP contribution >= 0.6 is 15.9 Å². The second-order valence-electron chi connectivity index (χ2n) is 5.98. The zero-order chi connectivity index (χ0) is 19.1. The summed E-state index contributed by atoms with van der Waals surface area (Å²) in [4.78, 5) is 4.02. The minimum Gasteiger partial charge on any atom is -0.493 e. The second kappa shape index (κ2) is 9.48. The van der Waals surface area contributed by atoms with Crippen molar-refractivity contribution in [2.24, 2.45) is 0 Å². The lowest BCUT2D eigenvalue weighted by Gasteiger charge is -2.15. The molecule has 0 spiro atoms. The molecule has 27 heavy (non-hydrogen) atoms. The lowest BCUT2D eigenvalue weighted by atomic mass is 10.2. The average molecular weight is 431 g/mol. The summed E-state index contributed by atoms with van der Waals surface area (Å²) in [6, 6.07) is 14.2. The number of rotatable bonds is 8. The molecule has 0 aliphatic rings. The van der Waals surface area contributed by atoms with E-state index in [1.165, 1.54) is 17.7 Å². The van der Waals surface area contributed by atoms with E-state index in [1.807, 2.05) is 24.3 Å². The molecule has 3 rings (SSSR count). The standard InChI is InChI=1S/C21H20BrFN2O2/c1-26-20-11-17(13-25-12-15-6-8-24-9-7-15)10-19(22)21(20)27-14-16-2-4-18(23)5-3-16/h2-11,25H,12-14H2,1H3. The summed E-state index contributed by atoms with van der Waals surface area (Å²) in [5.41, 5.74) is 3.13. The quantitative estimate of drug-likeness (QED) is 0.553. The molecule has 3 aromatic rings. The fourth-order valence-corrected chi connectivity index (χ4v) is 3.21. The number of nitrogens with one attached hydrogen (secondary N) is 1. The van der Waals surface area contributed by atoms with Crippen LogP contribution in [-0.4, -0.2) is 12.1 Å². The van der Waals surface area contributed by atoms with Crippen molar-refractivity contribution in [2.45, 2.75) is 19.7 Å². The van der Waals surface area contributed by atoms with Crippen molar-refractivity contribution in [1.82, 2.24) is 10.3 Å². The number of aromatic nitrogens is 1. The third-order valence-electron chi connectivity index (χ3n) is 3.99. The topological polar surface area (TPSA) is 43.4 Å². The number of nitrogens with zero attached hydrogens (tertiary/aromatic N) is 1. The first kappa shape index (κ1) is 19.3. The van der Waals surface area contributed by atoms with Crippen molar-refractivity contribution in [2.75, 3.05) is 7.11 Å². The SMILES string of the molecule is COc1cc(CNCc2ccncc2)cc(Br)c1OCc1ccc(F)cc1. The van der Waals surface area contributed by atoms with Crippen LogP contribution in [0.2, 0.25) is 0 Å². The molecule has 0 saturated carbocycles. The van der Waals surface area contributed by atoms with Gasteiger partial charge in [0.25, 0.3) is 0 Å². The van der Waals surface area contributed by atoms with Gasteiger partial charge in [0, 0.05) is 25.5 Å². The Labute approximate surface area is 166 Å². The summed E-state index contributed by atoms with van der Waals surface area (Å²) in [5.74, 6) is 1.01. The van der Waals surface area contributed by atoms with E-state index >= 15 is 0 Å². The number of pyridine rings is 1. The third-order valence-corrected chi connectivity index (χ3v) is 4.58. The number of hydrogen-bond donors (Lipinski definition) is 1. The normalized spacial score (nSPS) is 10.6. The number of methoxy groups -OCH3 is 1. The molecule has 0 saturated heterocycles. The van der Waals surface area contributed by atoms with Crippen LogP contribution in [0.3, 0.4) is 0 Å². The van der Waals surface area contributed by atoms with Gasteiger partial charge in [-0.25, -0.2) is 4.39 Å². The Morgan fingerprint density at radius 2 is 1.67 bits per heavy atom. The molecule has 1 heterocycles. The molecule has 0 aliphatic heterocycles. The maximum absolute atomic E-state index is 13.0. The zero-order valence-electron chi connectivity index (χ0n) is 14.9. The molecular weight excluding hydrogens is 411 g/mol. The van der Waals surface area contributed by atoms with Crippen LogP contribution in [0, 0.1) is 5.82 Å². The Morgan fingerprint density at radius 1 is 0.963 bits per heavy atom. The first-order chi connectivity index (χ1) is 13.2. The molecule has 6 heteroatoms. The third kappa shape index (κ3) is 5.52. The van der Waals surface area contributed by atoms with Gasteiger partial charge in [-0.3, -0.25) is 4.98 Å². The molecule has 0 radical (unpaired) electrons. The average Bonchev–Trinajstić information content (AvgIpc) is 2.69. The first-order valence-electron chi connectivity index (χ1n) is 8.49. The molecule has 140 valence electrons. The predicted molar refractivity (Wildman–Crippen MR) is 106 cm³/mol. The van der Waals surface area contributed by atoms with E-state index in [0.29, 0.717) is 24.7 Å². The number of benzene rings is 2. The van der Waals surface area contributed by atoms with Crippen molar-refractivity contribution in [3.63, 3.8) is 0 Å². The maximum atomic E-state index is 13.0. The Morgan fingerprint density at radius 3 is 2.37 bits per heavy atom. The summed E-state index contributed by atoms with van der Waals surface area (Å²) in [6.45, 7) is 1.77. The van der Waals surface area contributed by atoms with Crippen LogP contribution in [0.15, 0.2) is 65.4 Å². The Balaban J connectivity index is 1.64. The molecule has 0 bridgehead atoms. The highest BCUT2D eigenvalue weighted by atomic mass is 79.9. The fraction of sp³-hybridized carbons (Fsp3) is 0.190. The maximum Gasteiger partial charge on any atom is 0.175 e. The van der Waals surface area contributed by atoms with Gasteiger partial charge < -0.3 is 14.8 Å². The molecular formula is C21H20BrFN2O2. The fourth-order valence-electron chi connectivity index (χ4n) is 2.60. The van der Waals surface area contributed by atoms with Crippen molar-refractivity contribution in [1.29, 1.82) is 0 Å². The number of hydrogen-bond acceptors (Lipinski definition) is 4. The number of halogens is 2. The predicted octanol–water partition coefficient (Wildman–Crippen LogP) is 4.86. The highest BCUT2D eigenvalue weighted by molar-refractivity contribution is 9.10. The van der Waals surface area contributed by atoms with Gasteiger partial charge in [0.15, 0.2) is 11.5 Å². The summed E-state index contributed by atoms with van der Waals surface area (Å²) in [6.07, 6.45) is 3.56. The van der Waals surface area contributed by atoms with E-state index in [2.05, 4.69) is 26.2 Å². The molecule has 1 aromatic heterocycles. The summed E-state index contributed by atoms with van der Waals surface area (Å²) in [5, 5.41) is 3.40. The van der Waals surface area contributed by atoms with Crippen LogP contribution in [0.25, 0.3) is 0 Å². The molecule has 2 aromatic carbocycles. The minimum atomic E-state index is -0.263. The van der Waals surface area contributed by atoms with Gasteiger partial charge >= 0.3 is 0 Å². The Hall–Kier alpha value is -2.44. The van der Waals surface area contributed by atoms with Crippen LogP contribution in [0.5, 0.6) is 11.5 Å². The number of ether oxygens (including phenoxy) is 2. The molecule has 1 N–H and O–H groups in total. The Kier molecular flexibility index (Phi) is 6.79. The molecule has 0 aliphatic carbocycles. The van der Waals surface area contributed by atoms with Crippen molar-refractivity contribution < 1.29 is 13.9 Å². The molecule has 0 atom stereocenters. The highest BCUT2D eigenvalue weighted by Crippen LogP contribution is 2.37. The van der Waals surface area contributed by atoms with Crippen LogP contribution in [0.4, 0.5) is 4.39 Å². The second-order valence-corrected chi connectivity index (χ2v) is 6.84. The summed E-state index contributed by atoms with van der Waals surface area (Å²) < 4.78 is 25.2. The van der Waals surface area contributed by atoms with E-state index in [9.17, 15) is 4.39 Å². The van der Waals surface area contributed by atoms with Crippen LogP contribution in [0.1, 0.15) is 16.7 Å².